The molecule has 0 bridgehead atoms. The number of hydrogen-bond donors (Lipinski definition) is 2. The van der Waals surface area contributed by atoms with Crippen LogP contribution in [0.2, 0.25) is 5.02 Å². The highest BCUT2D eigenvalue weighted by atomic mass is 35.5. The number of nitrogens with one attached hydrogen (secondary N) is 1. The molecular weight excluding hydrogens is 291 g/mol. The standard InChI is InChI=1S/C15H12ClFN4/c16-10-7-5-9(6-8-10)13(18)15-19-14(20-21-15)11-3-1-2-4-12(11)17/h1-8,13H,18H2,(H,19,20,21)/t13-/m1/s1. The molecule has 0 saturated heterocycles. The average Bonchev–Trinajstić information content (AvgIpc) is 2.97. The van der Waals surface area contributed by atoms with Crippen molar-refractivity contribution in [2.75, 3.05) is 0 Å². The lowest BCUT2D eigenvalue weighted by atomic mass is 10.1. The van der Waals surface area contributed by atoms with Crippen LogP contribution in [0.15, 0.2) is 48.5 Å². The van der Waals surface area contributed by atoms with Gasteiger partial charge in [0.2, 0.25) is 0 Å². The minimum Gasteiger partial charge on any atom is -0.318 e. The molecule has 0 radical (unpaired) electrons. The monoisotopic (exact) mass is 302 g/mol. The number of benzene rings is 2. The summed E-state index contributed by atoms with van der Waals surface area (Å²) in [5, 5.41) is 7.42. The molecule has 2 aromatic carbocycles. The predicted molar refractivity (Wildman–Crippen MR) is 79.3 cm³/mol. The Labute approximate surface area is 125 Å². The Balaban J connectivity index is 1.91. The Hall–Kier alpha value is -2.24. The minimum atomic E-state index is -0.477. The first kappa shape index (κ1) is 13.7. The number of hydrogen-bond acceptors (Lipinski definition) is 3. The fourth-order valence-electron chi connectivity index (χ4n) is 2.00. The first-order valence-corrected chi connectivity index (χ1v) is 6.71. The fraction of sp³-hybridized carbons (Fsp3) is 0.0667. The van der Waals surface area contributed by atoms with Gasteiger partial charge in [0.25, 0.3) is 0 Å². The third kappa shape index (κ3) is 2.79. The van der Waals surface area contributed by atoms with E-state index in [-0.39, 0.29) is 11.6 Å². The molecule has 0 aliphatic heterocycles. The molecule has 0 fully saturated rings. The zero-order valence-electron chi connectivity index (χ0n) is 10.9. The van der Waals surface area contributed by atoms with Gasteiger partial charge in [-0.25, -0.2) is 9.37 Å². The van der Waals surface area contributed by atoms with E-state index in [4.69, 9.17) is 17.3 Å². The second-order valence-electron chi connectivity index (χ2n) is 4.55. The molecule has 0 aliphatic rings. The number of H-pyrrole nitrogens is 1. The van der Waals surface area contributed by atoms with E-state index in [1.54, 1.807) is 30.3 Å². The van der Waals surface area contributed by atoms with Gasteiger partial charge in [0, 0.05) is 5.02 Å². The molecule has 3 N–H and O–H groups in total. The summed E-state index contributed by atoms with van der Waals surface area (Å²) in [5.74, 6) is 0.381. The topological polar surface area (TPSA) is 67.6 Å². The number of nitrogens with two attached hydrogens (primary N) is 1. The lowest BCUT2D eigenvalue weighted by Gasteiger charge is -2.08. The van der Waals surface area contributed by atoms with E-state index in [1.807, 2.05) is 12.1 Å². The van der Waals surface area contributed by atoms with Gasteiger partial charge < -0.3 is 5.73 Å². The fourth-order valence-corrected chi connectivity index (χ4v) is 2.13. The van der Waals surface area contributed by atoms with Gasteiger partial charge in [0.15, 0.2) is 5.82 Å². The molecule has 0 spiro atoms. The molecule has 6 heteroatoms. The maximum absolute atomic E-state index is 13.7. The minimum absolute atomic E-state index is 0.285. The van der Waals surface area contributed by atoms with Gasteiger partial charge in [-0.05, 0) is 29.8 Å². The van der Waals surface area contributed by atoms with E-state index in [0.29, 0.717) is 16.4 Å². The summed E-state index contributed by atoms with van der Waals surface area (Å²) in [6.45, 7) is 0. The third-order valence-corrected chi connectivity index (χ3v) is 3.39. The second kappa shape index (κ2) is 5.63. The van der Waals surface area contributed by atoms with E-state index in [9.17, 15) is 4.39 Å². The van der Waals surface area contributed by atoms with Gasteiger partial charge in [-0.2, -0.15) is 5.10 Å². The summed E-state index contributed by atoms with van der Waals surface area (Å²) in [6, 6.07) is 13.0. The summed E-state index contributed by atoms with van der Waals surface area (Å²) in [7, 11) is 0. The van der Waals surface area contributed by atoms with Crippen molar-refractivity contribution in [3.05, 3.63) is 70.8 Å². The first-order chi connectivity index (χ1) is 10.1. The summed E-state index contributed by atoms with van der Waals surface area (Å²) < 4.78 is 13.7. The van der Waals surface area contributed by atoms with E-state index >= 15 is 0 Å². The van der Waals surface area contributed by atoms with Crippen LogP contribution < -0.4 is 5.73 Å². The van der Waals surface area contributed by atoms with Crippen LogP contribution in [-0.4, -0.2) is 15.2 Å². The van der Waals surface area contributed by atoms with E-state index < -0.39 is 6.04 Å². The molecule has 3 rings (SSSR count). The molecule has 1 heterocycles. The van der Waals surface area contributed by atoms with Crippen molar-refractivity contribution in [3.8, 4) is 11.4 Å². The van der Waals surface area contributed by atoms with Crippen molar-refractivity contribution in [2.45, 2.75) is 6.04 Å². The summed E-state index contributed by atoms with van der Waals surface area (Å²) >= 11 is 5.85. The van der Waals surface area contributed by atoms with E-state index in [2.05, 4.69) is 15.2 Å². The number of aromatic amines is 1. The van der Waals surface area contributed by atoms with Crippen molar-refractivity contribution >= 4 is 11.6 Å². The summed E-state index contributed by atoms with van der Waals surface area (Å²) in [4.78, 5) is 4.28. The second-order valence-corrected chi connectivity index (χ2v) is 4.99. The quantitative estimate of drug-likeness (QED) is 0.780. The Morgan fingerprint density at radius 2 is 1.81 bits per heavy atom. The van der Waals surface area contributed by atoms with E-state index in [0.717, 1.165) is 5.56 Å². The van der Waals surface area contributed by atoms with Crippen molar-refractivity contribution in [2.24, 2.45) is 5.73 Å². The molecule has 0 aliphatic carbocycles. The number of halogens is 2. The molecule has 1 atom stereocenters. The van der Waals surface area contributed by atoms with Gasteiger partial charge in [-0.3, -0.25) is 5.10 Å². The highest BCUT2D eigenvalue weighted by molar-refractivity contribution is 6.30. The van der Waals surface area contributed by atoms with E-state index in [1.165, 1.54) is 6.07 Å². The van der Waals surface area contributed by atoms with Crippen molar-refractivity contribution < 1.29 is 4.39 Å². The van der Waals surface area contributed by atoms with Crippen LogP contribution in [-0.2, 0) is 0 Å². The summed E-state index contributed by atoms with van der Waals surface area (Å²) in [5.41, 5.74) is 7.30. The van der Waals surface area contributed by atoms with Crippen LogP contribution >= 0.6 is 11.6 Å². The lowest BCUT2D eigenvalue weighted by molar-refractivity contribution is 0.630. The highest BCUT2D eigenvalue weighted by Crippen LogP contribution is 2.22. The van der Waals surface area contributed by atoms with Crippen LogP contribution in [0.5, 0.6) is 0 Å². The molecule has 21 heavy (non-hydrogen) atoms. The normalized spacial score (nSPS) is 12.3. The molecule has 0 amide bonds. The largest absolute Gasteiger partial charge is 0.318 e. The summed E-state index contributed by atoms with van der Waals surface area (Å²) in [6.07, 6.45) is 0. The Morgan fingerprint density at radius 1 is 1.10 bits per heavy atom. The van der Waals surface area contributed by atoms with Crippen LogP contribution in [0, 0.1) is 5.82 Å². The first-order valence-electron chi connectivity index (χ1n) is 6.33. The van der Waals surface area contributed by atoms with Gasteiger partial charge >= 0.3 is 0 Å². The smallest absolute Gasteiger partial charge is 0.184 e. The van der Waals surface area contributed by atoms with Crippen LogP contribution in [0.1, 0.15) is 17.4 Å². The van der Waals surface area contributed by atoms with Gasteiger partial charge in [-0.15, -0.1) is 0 Å². The maximum Gasteiger partial charge on any atom is 0.184 e. The van der Waals surface area contributed by atoms with Crippen LogP contribution in [0.4, 0.5) is 4.39 Å². The zero-order chi connectivity index (χ0) is 14.8. The van der Waals surface area contributed by atoms with Crippen LogP contribution in [0.25, 0.3) is 11.4 Å². The van der Waals surface area contributed by atoms with Crippen molar-refractivity contribution in [1.29, 1.82) is 0 Å². The third-order valence-electron chi connectivity index (χ3n) is 3.14. The van der Waals surface area contributed by atoms with Gasteiger partial charge in [0.1, 0.15) is 11.6 Å². The lowest BCUT2D eigenvalue weighted by Crippen LogP contribution is -2.13. The molecule has 0 unspecified atom stereocenters. The SMILES string of the molecule is N[C@H](c1ccc(Cl)cc1)c1nc(-c2ccccc2F)n[nH]1. The van der Waals surface area contributed by atoms with Crippen LogP contribution in [0.3, 0.4) is 0 Å². The average molecular weight is 303 g/mol. The maximum atomic E-state index is 13.7. The van der Waals surface area contributed by atoms with Crippen molar-refractivity contribution in [1.82, 2.24) is 15.2 Å². The molecule has 0 saturated carbocycles. The predicted octanol–water partition coefficient (Wildman–Crippen LogP) is 3.31. The Morgan fingerprint density at radius 3 is 2.52 bits per heavy atom. The van der Waals surface area contributed by atoms with Gasteiger partial charge in [0.05, 0.1) is 11.6 Å². The number of rotatable bonds is 3. The molecular formula is C15H12ClFN4. The number of nitrogens with zero attached hydrogens (tertiary/aromatic N) is 2. The molecule has 4 nitrogen and oxygen atoms in total. The molecule has 106 valence electrons. The van der Waals surface area contributed by atoms with Gasteiger partial charge in [-0.1, -0.05) is 35.9 Å². The zero-order valence-corrected chi connectivity index (χ0v) is 11.7. The Kier molecular flexibility index (Phi) is 3.68. The molecule has 1 aromatic heterocycles. The number of aromatic nitrogens is 3. The highest BCUT2D eigenvalue weighted by Gasteiger charge is 2.16. The molecule has 3 aromatic rings. The Bertz CT molecular complexity index is 754. The van der Waals surface area contributed by atoms with Crippen molar-refractivity contribution in [3.63, 3.8) is 0 Å².